The summed E-state index contributed by atoms with van der Waals surface area (Å²) in [5.41, 5.74) is 4.08. The molecule has 0 aliphatic carbocycles. The topological polar surface area (TPSA) is 81.8 Å². The molecule has 5 nitrogen and oxygen atoms in total. The normalized spacial score (nSPS) is 11.2. The zero-order valence-corrected chi connectivity index (χ0v) is 7.37. The molecule has 0 atom stereocenters. The standard InChI is InChI=1S/C7H15NO4/c1-7(2,12-6(8)10)5-11-4-3-9/h9H,3-5H2,1-2H3,(H2,8,10). The van der Waals surface area contributed by atoms with Crippen LogP contribution < -0.4 is 5.73 Å². The first-order valence-electron chi connectivity index (χ1n) is 3.65. The van der Waals surface area contributed by atoms with E-state index in [0.29, 0.717) is 0 Å². The summed E-state index contributed by atoms with van der Waals surface area (Å²) in [5.74, 6) is 0. The first-order chi connectivity index (χ1) is 5.48. The van der Waals surface area contributed by atoms with E-state index >= 15 is 0 Å². The minimum atomic E-state index is -0.826. The fraction of sp³-hybridized carbons (Fsp3) is 0.857. The quantitative estimate of drug-likeness (QED) is 0.573. The Balaban J connectivity index is 3.63. The SMILES string of the molecule is CC(C)(COCCO)OC(N)=O. The molecule has 0 aromatic heterocycles. The molecule has 0 aromatic carbocycles. The minimum Gasteiger partial charge on any atom is -0.441 e. The molecule has 0 radical (unpaired) electrons. The lowest BCUT2D eigenvalue weighted by Gasteiger charge is -2.23. The van der Waals surface area contributed by atoms with Gasteiger partial charge in [0.15, 0.2) is 0 Å². The second-order valence-electron chi connectivity index (χ2n) is 2.96. The third-order valence-corrected chi connectivity index (χ3v) is 1.06. The van der Waals surface area contributed by atoms with E-state index in [4.69, 9.17) is 20.3 Å². The van der Waals surface area contributed by atoms with E-state index in [1.807, 2.05) is 0 Å². The Hall–Kier alpha value is -0.810. The van der Waals surface area contributed by atoms with Gasteiger partial charge in [0.25, 0.3) is 0 Å². The summed E-state index contributed by atoms with van der Waals surface area (Å²) < 4.78 is 9.68. The number of carbonyl (C=O) groups is 1. The van der Waals surface area contributed by atoms with Gasteiger partial charge in [0.2, 0.25) is 0 Å². The maximum atomic E-state index is 10.3. The van der Waals surface area contributed by atoms with Crippen molar-refractivity contribution < 1.29 is 19.4 Å². The van der Waals surface area contributed by atoms with Gasteiger partial charge < -0.3 is 20.3 Å². The summed E-state index contributed by atoms with van der Waals surface area (Å²) in [7, 11) is 0. The van der Waals surface area contributed by atoms with E-state index in [0.717, 1.165) is 0 Å². The zero-order chi connectivity index (χ0) is 9.61. The van der Waals surface area contributed by atoms with Crippen LogP contribution in [-0.2, 0) is 9.47 Å². The molecule has 0 aromatic rings. The molecule has 5 heteroatoms. The maximum Gasteiger partial charge on any atom is 0.405 e. The second kappa shape index (κ2) is 4.95. The number of amides is 1. The smallest absolute Gasteiger partial charge is 0.405 e. The van der Waals surface area contributed by atoms with Crippen molar-refractivity contribution in [3.05, 3.63) is 0 Å². The highest BCUT2D eigenvalue weighted by Crippen LogP contribution is 2.08. The minimum absolute atomic E-state index is 0.0490. The van der Waals surface area contributed by atoms with Gasteiger partial charge >= 0.3 is 6.09 Å². The molecule has 0 heterocycles. The third kappa shape index (κ3) is 5.94. The van der Waals surface area contributed by atoms with Gasteiger partial charge in [0, 0.05) is 0 Å². The van der Waals surface area contributed by atoms with Gasteiger partial charge in [-0.25, -0.2) is 4.79 Å². The molecule has 1 amide bonds. The average Bonchev–Trinajstić information content (AvgIpc) is 1.84. The van der Waals surface area contributed by atoms with Crippen LogP contribution in [0.3, 0.4) is 0 Å². The highest BCUT2D eigenvalue weighted by molar-refractivity contribution is 5.65. The van der Waals surface area contributed by atoms with Crippen LogP contribution in [-0.4, -0.2) is 36.6 Å². The van der Waals surface area contributed by atoms with Gasteiger partial charge in [0.05, 0.1) is 19.8 Å². The molecule has 0 unspecified atom stereocenters. The Morgan fingerprint density at radius 2 is 2.17 bits per heavy atom. The van der Waals surface area contributed by atoms with Crippen molar-refractivity contribution in [1.82, 2.24) is 0 Å². The molecule has 12 heavy (non-hydrogen) atoms. The Labute approximate surface area is 71.5 Å². The highest BCUT2D eigenvalue weighted by Gasteiger charge is 2.21. The van der Waals surface area contributed by atoms with Crippen LogP contribution >= 0.6 is 0 Å². The fourth-order valence-electron chi connectivity index (χ4n) is 0.684. The van der Waals surface area contributed by atoms with Crippen molar-refractivity contribution in [2.45, 2.75) is 19.4 Å². The van der Waals surface area contributed by atoms with Crippen LogP contribution in [0.5, 0.6) is 0 Å². The number of nitrogens with two attached hydrogens (primary N) is 1. The largest absolute Gasteiger partial charge is 0.441 e. The van der Waals surface area contributed by atoms with Crippen molar-refractivity contribution in [2.75, 3.05) is 19.8 Å². The van der Waals surface area contributed by atoms with E-state index < -0.39 is 11.7 Å². The highest BCUT2D eigenvalue weighted by atomic mass is 16.6. The molecule has 3 N–H and O–H groups in total. The number of rotatable bonds is 5. The summed E-state index contributed by atoms with van der Waals surface area (Å²) in [6.07, 6.45) is -0.826. The van der Waals surface area contributed by atoms with Crippen LogP contribution in [0.2, 0.25) is 0 Å². The summed E-state index contributed by atoms with van der Waals surface area (Å²) in [6, 6.07) is 0. The van der Waals surface area contributed by atoms with Crippen LogP contribution in [0.4, 0.5) is 4.79 Å². The van der Waals surface area contributed by atoms with Crippen LogP contribution in [0.1, 0.15) is 13.8 Å². The van der Waals surface area contributed by atoms with Crippen molar-refractivity contribution >= 4 is 6.09 Å². The van der Waals surface area contributed by atoms with E-state index in [1.165, 1.54) is 0 Å². The predicted molar refractivity (Wildman–Crippen MR) is 42.7 cm³/mol. The van der Waals surface area contributed by atoms with Crippen molar-refractivity contribution in [3.63, 3.8) is 0 Å². The van der Waals surface area contributed by atoms with Gasteiger partial charge in [-0.1, -0.05) is 0 Å². The number of hydrogen-bond donors (Lipinski definition) is 2. The second-order valence-corrected chi connectivity index (χ2v) is 2.96. The van der Waals surface area contributed by atoms with Crippen LogP contribution in [0, 0.1) is 0 Å². The molecular weight excluding hydrogens is 162 g/mol. The van der Waals surface area contributed by atoms with Gasteiger partial charge in [-0.2, -0.15) is 0 Å². The summed E-state index contributed by atoms with van der Waals surface area (Å²) >= 11 is 0. The van der Waals surface area contributed by atoms with Gasteiger partial charge in [0.1, 0.15) is 5.60 Å². The Morgan fingerprint density at radius 3 is 2.58 bits per heavy atom. The van der Waals surface area contributed by atoms with Crippen molar-refractivity contribution in [3.8, 4) is 0 Å². The summed E-state index contributed by atoms with van der Waals surface area (Å²) in [4.78, 5) is 10.3. The van der Waals surface area contributed by atoms with Crippen molar-refractivity contribution in [2.24, 2.45) is 5.73 Å². The summed E-state index contributed by atoms with van der Waals surface area (Å²) in [5, 5.41) is 8.39. The molecule has 72 valence electrons. The first-order valence-corrected chi connectivity index (χ1v) is 3.65. The monoisotopic (exact) mass is 177 g/mol. The fourth-order valence-corrected chi connectivity index (χ4v) is 0.684. The number of ether oxygens (including phenoxy) is 2. The van der Waals surface area contributed by atoms with Crippen molar-refractivity contribution in [1.29, 1.82) is 0 Å². The number of hydrogen-bond acceptors (Lipinski definition) is 4. The first kappa shape index (κ1) is 11.2. The Kier molecular flexibility index (Phi) is 4.61. The van der Waals surface area contributed by atoms with Gasteiger partial charge in [-0.05, 0) is 13.8 Å². The van der Waals surface area contributed by atoms with Crippen LogP contribution in [0.25, 0.3) is 0 Å². The summed E-state index contributed by atoms with van der Waals surface area (Å²) in [6.45, 7) is 3.75. The molecule has 0 saturated carbocycles. The molecule has 0 aliphatic rings. The lowest BCUT2D eigenvalue weighted by atomic mass is 10.1. The van der Waals surface area contributed by atoms with Gasteiger partial charge in [-0.3, -0.25) is 0 Å². The van der Waals surface area contributed by atoms with Crippen LogP contribution in [0.15, 0.2) is 0 Å². The van der Waals surface area contributed by atoms with E-state index in [-0.39, 0.29) is 19.8 Å². The molecule has 0 saturated heterocycles. The molecule has 0 fully saturated rings. The molecule has 0 spiro atoms. The lowest BCUT2D eigenvalue weighted by molar-refractivity contribution is -0.0364. The van der Waals surface area contributed by atoms with E-state index in [9.17, 15) is 4.79 Å². The third-order valence-electron chi connectivity index (χ3n) is 1.06. The zero-order valence-electron chi connectivity index (χ0n) is 7.37. The Bertz CT molecular complexity index is 146. The molecule has 0 aliphatic heterocycles. The maximum absolute atomic E-state index is 10.3. The van der Waals surface area contributed by atoms with Gasteiger partial charge in [-0.15, -0.1) is 0 Å². The molecular formula is C7H15NO4. The lowest BCUT2D eigenvalue weighted by Crippen LogP contribution is -2.35. The number of aliphatic hydroxyl groups is 1. The Morgan fingerprint density at radius 1 is 1.58 bits per heavy atom. The predicted octanol–water partition coefficient (Wildman–Crippen LogP) is -0.131. The molecule has 0 bridgehead atoms. The molecule has 0 rings (SSSR count). The van der Waals surface area contributed by atoms with E-state index in [2.05, 4.69) is 0 Å². The average molecular weight is 177 g/mol. The number of primary amides is 1. The van der Waals surface area contributed by atoms with E-state index in [1.54, 1.807) is 13.8 Å². The number of carbonyl (C=O) groups excluding carboxylic acids is 1. The number of aliphatic hydroxyl groups excluding tert-OH is 1.